The van der Waals surface area contributed by atoms with Gasteiger partial charge in [-0.3, -0.25) is 9.59 Å². The first-order valence-corrected chi connectivity index (χ1v) is 8.83. The summed E-state index contributed by atoms with van der Waals surface area (Å²) in [6, 6.07) is 9.61. The number of benzene rings is 1. The number of likely N-dealkylation sites (N-methyl/N-ethyl adjacent to an activating group) is 1. The number of likely N-dealkylation sites (tertiary alicyclic amines) is 1. The number of nitrogens with one attached hydrogen (secondary N) is 1. The summed E-state index contributed by atoms with van der Waals surface area (Å²) in [6.45, 7) is 5.08. The minimum absolute atomic E-state index is 0. The van der Waals surface area contributed by atoms with E-state index in [1.54, 1.807) is 0 Å². The molecule has 2 unspecified atom stereocenters. The number of carbonyl (C=O) groups is 2. The van der Waals surface area contributed by atoms with E-state index in [9.17, 15) is 9.59 Å². The van der Waals surface area contributed by atoms with Gasteiger partial charge >= 0.3 is 0 Å². The first-order valence-electron chi connectivity index (χ1n) is 8.83. The number of carbonyl (C=O) groups excluding carboxylic acids is 2. The van der Waals surface area contributed by atoms with Gasteiger partial charge in [-0.1, -0.05) is 18.2 Å². The van der Waals surface area contributed by atoms with Crippen molar-refractivity contribution in [3.8, 4) is 0 Å². The number of piperidine rings is 1. The lowest BCUT2D eigenvalue weighted by molar-refractivity contribution is -0.144. The second kappa shape index (κ2) is 8.19. The fourth-order valence-corrected chi connectivity index (χ4v) is 3.91. The average Bonchev–Trinajstić information content (AvgIpc) is 3.15. The van der Waals surface area contributed by atoms with E-state index in [1.165, 1.54) is 0 Å². The molecule has 0 spiro atoms. The molecule has 6 heteroatoms. The molecule has 1 N–H and O–H groups in total. The molecule has 2 saturated heterocycles. The minimum Gasteiger partial charge on any atom is -0.341 e. The number of hydrogen-bond acceptors (Lipinski definition) is 3. The van der Waals surface area contributed by atoms with Crippen LogP contribution in [0.3, 0.4) is 0 Å². The lowest BCUT2D eigenvalue weighted by Crippen LogP contribution is -2.54. The Balaban J connectivity index is 0.00000225. The van der Waals surface area contributed by atoms with Crippen LogP contribution in [0.15, 0.2) is 30.3 Å². The summed E-state index contributed by atoms with van der Waals surface area (Å²) in [5, 5.41) is 3.31. The summed E-state index contributed by atoms with van der Waals surface area (Å²) in [5.41, 5.74) is 0.211. The van der Waals surface area contributed by atoms with Gasteiger partial charge in [-0.2, -0.15) is 0 Å². The topological polar surface area (TPSA) is 52.7 Å². The molecule has 25 heavy (non-hydrogen) atoms. The van der Waals surface area contributed by atoms with Crippen LogP contribution in [0.2, 0.25) is 0 Å². The van der Waals surface area contributed by atoms with Crippen molar-refractivity contribution in [3.05, 3.63) is 35.9 Å². The SMILES string of the molecule is CN(C(=O)C1(C)CCCN(C(=O)c2ccccc2)C1)C1CCNC1.Cl. The summed E-state index contributed by atoms with van der Waals surface area (Å²) in [4.78, 5) is 29.5. The number of amides is 2. The lowest BCUT2D eigenvalue weighted by Gasteiger charge is -2.42. The molecule has 0 radical (unpaired) electrons. The molecule has 5 nitrogen and oxygen atoms in total. The fraction of sp³-hybridized carbons (Fsp3) is 0.579. The van der Waals surface area contributed by atoms with E-state index in [2.05, 4.69) is 5.32 Å². The van der Waals surface area contributed by atoms with E-state index in [1.807, 2.05) is 54.1 Å². The van der Waals surface area contributed by atoms with Crippen LogP contribution in [0.4, 0.5) is 0 Å². The van der Waals surface area contributed by atoms with E-state index < -0.39 is 5.41 Å². The van der Waals surface area contributed by atoms with Crippen LogP contribution < -0.4 is 5.32 Å². The zero-order chi connectivity index (χ0) is 17.2. The first-order chi connectivity index (χ1) is 11.5. The number of nitrogens with zero attached hydrogens (tertiary/aromatic N) is 2. The van der Waals surface area contributed by atoms with Crippen LogP contribution >= 0.6 is 12.4 Å². The zero-order valence-electron chi connectivity index (χ0n) is 15.0. The molecule has 0 aromatic heterocycles. The maximum absolute atomic E-state index is 13.1. The van der Waals surface area contributed by atoms with Crippen molar-refractivity contribution >= 4 is 24.2 Å². The van der Waals surface area contributed by atoms with Crippen LogP contribution in [0.5, 0.6) is 0 Å². The third kappa shape index (κ3) is 4.15. The quantitative estimate of drug-likeness (QED) is 0.893. The molecule has 2 atom stereocenters. The summed E-state index contributed by atoms with van der Waals surface area (Å²) < 4.78 is 0. The predicted octanol–water partition coefficient (Wildman–Crippen LogP) is 2.17. The molecule has 0 saturated carbocycles. The molecule has 3 rings (SSSR count). The second-order valence-corrected chi connectivity index (χ2v) is 7.32. The van der Waals surface area contributed by atoms with Crippen molar-refractivity contribution in [2.75, 3.05) is 33.2 Å². The van der Waals surface area contributed by atoms with E-state index in [0.29, 0.717) is 12.1 Å². The van der Waals surface area contributed by atoms with Gasteiger partial charge in [-0.25, -0.2) is 0 Å². The van der Waals surface area contributed by atoms with Gasteiger partial charge in [-0.15, -0.1) is 12.4 Å². The van der Waals surface area contributed by atoms with Crippen molar-refractivity contribution < 1.29 is 9.59 Å². The smallest absolute Gasteiger partial charge is 0.253 e. The van der Waals surface area contributed by atoms with Crippen molar-refractivity contribution in [2.24, 2.45) is 5.41 Å². The van der Waals surface area contributed by atoms with E-state index in [0.717, 1.165) is 38.9 Å². The van der Waals surface area contributed by atoms with Crippen LogP contribution in [-0.2, 0) is 4.79 Å². The van der Waals surface area contributed by atoms with Crippen molar-refractivity contribution in [1.82, 2.24) is 15.1 Å². The zero-order valence-corrected chi connectivity index (χ0v) is 15.8. The Morgan fingerprint density at radius 1 is 1.28 bits per heavy atom. The third-order valence-corrected chi connectivity index (χ3v) is 5.42. The van der Waals surface area contributed by atoms with E-state index in [4.69, 9.17) is 0 Å². The Kier molecular flexibility index (Phi) is 6.47. The largest absolute Gasteiger partial charge is 0.341 e. The number of hydrogen-bond donors (Lipinski definition) is 1. The van der Waals surface area contributed by atoms with Crippen LogP contribution in [0.1, 0.15) is 36.5 Å². The number of halogens is 1. The van der Waals surface area contributed by atoms with Crippen LogP contribution in [0.25, 0.3) is 0 Å². The highest BCUT2D eigenvalue weighted by Gasteiger charge is 2.42. The Labute approximate surface area is 156 Å². The van der Waals surface area contributed by atoms with Crippen LogP contribution in [-0.4, -0.2) is 60.9 Å². The maximum atomic E-state index is 13.1. The molecular formula is C19H28ClN3O2. The Morgan fingerprint density at radius 3 is 2.64 bits per heavy atom. The molecule has 0 aliphatic carbocycles. The molecule has 1 aromatic rings. The summed E-state index contributed by atoms with van der Waals surface area (Å²) >= 11 is 0. The Hall–Kier alpha value is -1.59. The van der Waals surface area contributed by atoms with Gasteiger partial charge in [0.25, 0.3) is 5.91 Å². The number of rotatable bonds is 3. The molecule has 2 heterocycles. The Bertz CT molecular complexity index is 604. The van der Waals surface area contributed by atoms with E-state index >= 15 is 0 Å². The summed E-state index contributed by atoms with van der Waals surface area (Å²) in [7, 11) is 1.91. The van der Waals surface area contributed by atoms with Gasteiger partial charge in [0.05, 0.1) is 5.41 Å². The van der Waals surface area contributed by atoms with E-state index in [-0.39, 0.29) is 30.3 Å². The van der Waals surface area contributed by atoms with Gasteiger partial charge in [0.15, 0.2) is 0 Å². The molecule has 2 aliphatic heterocycles. The molecular weight excluding hydrogens is 338 g/mol. The van der Waals surface area contributed by atoms with Gasteiger partial charge in [0, 0.05) is 38.3 Å². The van der Waals surface area contributed by atoms with Gasteiger partial charge in [-0.05, 0) is 44.9 Å². The lowest BCUT2D eigenvalue weighted by atomic mass is 9.80. The summed E-state index contributed by atoms with van der Waals surface area (Å²) in [6.07, 6.45) is 2.72. The maximum Gasteiger partial charge on any atom is 0.253 e. The molecule has 138 valence electrons. The van der Waals surface area contributed by atoms with Gasteiger partial charge in [0.1, 0.15) is 0 Å². The van der Waals surface area contributed by atoms with Crippen molar-refractivity contribution in [1.29, 1.82) is 0 Å². The normalized spacial score (nSPS) is 26.0. The molecule has 2 fully saturated rings. The predicted molar refractivity (Wildman–Crippen MR) is 101 cm³/mol. The highest BCUT2D eigenvalue weighted by atomic mass is 35.5. The molecule has 1 aromatic carbocycles. The van der Waals surface area contributed by atoms with Crippen molar-refractivity contribution in [3.63, 3.8) is 0 Å². The second-order valence-electron chi connectivity index (χ2n) is 7.32. The third-order valence-electron chi connectivity index (χ3n) is 5.42. The van der Waals surface area contributed by atoms with Gasteiger partial charge in [0.2, 0.25) is 5.91 Å². The van der Waals surface area contributed by atoms with Crippen LogP contribution in [0, 0.1) is 5.41 Å². The molecule has 0 bridgehead atoms. The fourth-order valence-electron chi connectivity index (χ4n) is 3.91. The Morgan fingerprint density at radius 2 is 2.00 bits per heavy atom. The standard InChI is InChI=1S/C19H27N3O2.ClH/c1-19(18(24)21(2)16-9-11-20-13-16)10-6-12-22(14-19)17(23)15-7-4-3-5-8-15;/h3-5,7-8,16,20H,6,9-14H2,1-2H3;1H. The molecule has 2 amide bonds. The minimum atomic E-state index is -0.486. The van der Waals surface area contributed by atoms with Gasteiger partial charge < -0.3 is 15.1 Å². The first kappa shape index (κ1) is 19.7. The van der Waals surface area contributed by atoms with Crippen molar-refractivity contribution in [2.45, 2.75) is 32.2 Å². The highest BCUT2D eigenvalue weighted by Crippen LogP contribution is 2.33. The average molecular weight is 366 g/mol. The molecule has 2 aliphatic rings. The highest BCUT2D eigenvalue weighted by molar-refractivity contribution is 5.95. The summed E-state index contributed by atoms with van der Waals surface area (Å²) in [5.74, 6) is 0.196. The monoisotopic (exact) mass is 365 g/mol.